The number of aliphatic hydroxyl groups is 1. The minimum Gasteiger partial charge on any atom is -0.421 e. The number of fused-ring (bicyclic) bond motifs is 5. The average molecular weight is 586 g/mol. The number of carbonyl (C=O) groups excluding carboxylic acids is 2. The molecule has 4 heterocycles. The predicted octanol–water partition coefficient (Wildman–Crippen LogP) is 4.37. The lowest BCUT2D eigenvalue weighted by atomic mass is 9.47. The van der Waals surface area contributed by atoms with Gasteiger partial charge in [-0.15, -0.1) is 0 Å². The summed E-state index contributed by atoms with van der Waals surface area (Å²) in [7, 11) is 0. The quantitative estimate of drug-likeness (QED) is 0.256. The van der Waals surface area contributed by atoms with Crippen LogP contribution in [0.3, 0.4) is 0 Å². The van der Waals surface area contributed by atoms with E-state index in [-0.39, 0.29) is 48.1 Å². The number of hydrogen-bond acceptors (Lipinski definition) is 9. The summed E-state index contributed by atoms with van der Waals surface area (Å²) in [5, 5.41) is 12.0. The molecule has 2 aliphatic carbocycles. The van der Waals surface area contributed by atoms with Gasteiger partial charge >= 0.3 is 5.97 Å². The van der Waals surface area contributed by atoms with Gasteiger partial charge in [0.05, 0.1) is 18.2 Å². The maximum absolute atomic E-state index is 14.0. The Bertz CT molecular complexity index is 1640. The average Bonchev–Trinajstić information content (AvgIpc) is 3.64. The number of aliphatic hydroxyl groups excluding tert-OH is 1. The first kappa shape index (κ1) is 27.2. The van der Waals surface area contributed by atoms with Crippen molar-refractivity contribution >= 4 is 11.8 Å². The van der Waals surface area contributed by atoms with E-state index < -0.39 is 34.3 Å². The van der Waals surface area contributed by atoms with E-state index in [1.165, 1.54) is 0 Å². The van der Waals surface area contributed by atoms with Crippen LogP contribution in [0.5, 0.6) is 5.95 Å². The van der Waals surface area contributed by atoms with Crippen molar-refractivity contribution in [2.75, 3.05) is 6.61 Å². The van der Waals surface area contributed by atoms with E-state index in [2.05, 4.69) is 12.4 Å². The molecule has 1 spiro atoms. The van der Waals surface area contributed by atoms with Crippen LogP contribution in [0.1, 0.15) is 77.6 Å². The van der Waals surface area contributed by atoms with Gasteiger partial charge in [-0.3, -0.25) is 9.63 Å². The third kappa shape index (κ3) is 3.19. The molecule has 224 valence electrons. The highest BCUT2D eigenvalue weighted by molar-refractivity contribution is 6.08. The first-order valence-electron chi connectivity index (χ1n) is 15.1. The van der Waals surface area contributed by atoms with Crippen molar-refractivity contribution in [3.05, 3.63) is 88.7 Å². The first-order valence-corrected chi connectivity index (χ1v) is 15.1. The Morgan fingerprint density at radius 3 is 2.33 bits per heavy atom. The molecule has 2 N–H and O–H groups in total. The van der Waals surface area contributed by atoms with E-state index >= 15 is 0 Å². The second-order valence-corrected chi connectivity index (χ2v) is 13.3. The minimum absolute atomic E-state index is 0.0192. The standard InChI is InChI=1S/C34H35NO8/c1-18(2)33-26(35-43-33)27-34(42-27)31(3)16-15-21-23(22(31)17-39-32(34,4)30(33)38)25(24(36)19-11-7-5-8-12-19)40-29(21)41-28(37)20-13-9-6-10-14-20/h5-14,18,22,26-27,30,35,38H,15-17H2,1-4H3/t22-,26-,27-,30-,31-,32+,33-,34+/m0/s1. The molecule has 0 radical (unpaired) electrons. The minimum atomic E-state index is -1.04. The smallest absolute Gasteiger partial charge is 0.345 e. The summed E-state index contributed by atoms with van der Waals surface area (Å²) >= 11 is 0. The van der Waals surface area contributed by atoms with Crippen LogP contribution < -0.4 is 10.2 Å². The molecule has 1 aromatic heterocycles. The van der Waals surface area contributed by atoms with Crippen molar-refractivity contribution < 1.29 is 38.2 Å². The molecule has 5 aliphatic rings. The number of nitrogens with one attached hydrogen (secondary N) is 1. The zero-order valence-electron chi connectivity index (χ0n) is 24.6. The fourth-order valence-corrected chi connectivity index (χ4v) is 8.89. The van der Waals surface area contributed by atoms with E-state index in [0.29, 0.717) is 35.1 Å². The van der Waals surface area contributed by atoms with Gasteiger partial charge in [0, 0.05) is 28.0 Å². The summed E-state index contributed by atoms with van der Waals surface area (Å²) in [5.41, 5.74) is 2.10. The summed E-state index contributed by atoms with van der Waals surface area (Å²) in [6, 6.07) is 17.4. The Morgan fingerprint density at radius 1 is 1.02 bits per heavy atom. The predicted molar refractivity (Wildman–Crippen MR) is 153 cm³/mol. The van der Waals surface area contributed by atoms with E-state index in [1.54, 1.807) is 48.5 Å². The van der Waals surface area contributed by atoms with Gasteiger partial charge in [-0.1, -0.05) is 69.3 Å². The van der Waals surface area contributed by atoms with Gasteiger partial charge in [0.15, 0.2) is 5.76 Å². The fourth-order valence-electron chi connectivity index (χ4n) is 8.89. The second-order valence-electron chi connectivity index (χ2n) is 13.3. The van der Waals surface area contributed by atoms with Gasteiger partial charge in [0.25, 0.3) is 5.95 Å². The van der Waals surface area contributed by atoms with Gasteiger partial charge in [-0.05, 0) is 37.8 Å². The molecule has 3 aromatic rings. The Morgan fingerprint density at radius 2 is 1.70 bits per heavy atom. The topological polar surface area (TPSA) is 120 Å². The number of ether oxygens (including phenoxy) is 3. The van der Waals surface area contributed by atoms with Crippen molar-refractivity contribution in [2.24, 2.45) is 11.3 Å². The summed E-state index contributed by atoms with van der Waals surface area (Å²) in [5.74, 6) is -0.959. The maximum atomic E-state index is 14.0. The Hall–Kier alpha value is -3.34. The molecule has 3 saturated heterocycles. The number of hydroxylamine groups is 1. The van der Waals surface area contributed by atoms with E-state index in [0.717, 1.165) is 0 Å². The first-order chi connectivity index (χ1) is 20.6. The highest BCUT2D eigenvalue weighted by atomic mass is 16.7. The highest BCUT2D eigenvalue weighted by Crippen LogP contribution is 2.75. The van der Waals surface area contributed by atoms with Crippen LogP contribution in [0.15, 0.2) is 65.1 Å². The third-order valence-electron chi connectivity index (χ3n) is 11.3. The number of rotatable bonds is 5. The summed E-state index contributed by atoms with van der Waals surface area (Å²) in [4.78, 5) is 33.1. The molecule has 1 saturated carbocycles. The number of epoxide rings is 1. The molecule has 4 fully saturated rings. The van der Waals surface area contributed by atoms with Crippen LogP contribution in [0, 0.1) is 11.3 Å². The van der Waals surface area contributed by atoms with Crippen LogP contribution in [0.4, 0.5) is 0 Å². The van der Waals surface area contributed by atoms with Crippen molar-refractivity contribution in [2.45, 2.75) is 81.5 Å². The Kier molecular flexibility index (Phi) is 5.61. The maximum Gasteiger partial charge on any atom is 0.345 e. The summed E-state index contributed by atoms with van der Waals surface area (Å²) < 4.78 is 25.5. The number of ketones is 1. The number of carbonyl (C=O) groups is 2. The molecule has 8 atom stereocenters. The van der Waals surface area contributed by atoms with Crippen LogP contribution >= 0.6 is 0 Å². The van der Waals surface area contributed by atoms with Crippen LogP contribution in [-0.2, 0) is 20.7 Å². The molecule has 0 bridgehead atoms. The van der Waals surface area contributed by atoms with Crippen molar-refractivity contribution in [3.63, 3.8) is 0 Å². The number of hydrogen-bond donors (Lipinski definition) is 2. The van der Waals surface area contributed by atoms with Crippen LogP contribution in [0.25, 0.3) is 0 Å². The molecule has 9 nitrogen and oxygen atoms in total. The number of esters is 1. The molecule has 8 rings (SSSR count). The van der Waals surface area contributed by atoms with Gasteiger partial charge in [-0.25, -0.2) is 4.79 Å². The molecular formula is C34H35NO8. The van der Waals surface area contributed by atoms with E-state index in [4.69, 9.17) is 23.5 Å². The SMILES string of the molecule is CC(C)[C@]12ON[C@H]1[C@@H]1O[C@@]13[C@@]1(C)CCc4c(OC(=O)c5ccccc5)oc(C(=O)c5ccccc5)c4[C@@H]1CO[C@]3(C)[C@@H]2O. The molecule has 3 aliphatic heterocycles. The monoisotopic (exact) mass is 585 g/mol. The van der Waals surface area contributed by atoms with Crippen LogP contribution in [-0.4, -0.2) is 58.5 Å². The molecular weight excluding hydrogens is 550 g/mol. The third-order valence-corrected chi connectivity index (χ3v) is 11.3. The molecule has 0 amide bonds. The zero-order chi connectivity index (χ0) is 29.9. The lowest BCUT2D eigenvalue weighted by Gasteiger charge is -2.66. The second kappa shape index (κ2) is 8.86. The van der Waals surface area contributed by atoms with Crippen molar-refractivity contribution in [1.29, 1.82) is 0 Å². The Balaban J connectivity index is 1.24. The Labute approximate surface area is 249 Å². The van der Waals surface area contributed by atoms with Gasteiger partial charge in [0.1, 0.15) is 29.0 Å². The summed E-state index contributed by atoms with van der Waals surface area (Å²) in [6.45, 7) is 8.43. The van der Waals surface area contributed by atoms with E-state index in [9.17, 15) is 14.7 Å². The molecule has 43 heavy (non-hydrogen) atoms. The van der Waals surface area contributed by atoms with Gasteiger partial charge in [-0.2, -0.15) is 5.48 Å². The van der Waals surface area contributed by atoms with Crippen LogP contribution in [0.2, 0.25) is 0 Å². The number of furan rings is 1. The molecule has 9 heteroatoms. The van der Waals surface area contributed by atoms with Crippen molar-refractivity contribution in [1.82, 2.24) is 5.48 Å². The van der Waals surface area contributed by atoms with Gasteiger partial charge < -0.3 is 23.7 Å². The summed E-state index contributed by atoms with van der Waals surface area (Å²) in [6.07, 6.45) is -0.0359. The lowest BCUT2D eigenvalue weighted by molar-refractivity contribution is -0.365. The normalized spacial score (nSPS) is 38.5. The zero-order valence-corrected chi connectivity index (χ0v) is 24.6. The van der Waals surface area contributed by atoms with Gasteiger partial charge in [0.2, 0.25) is 5.78 Å². The fraction of sp³-hybridized carbons (Fsp3) is 0.471. The molecule has 0 unspecified atom stereocenters. The largest absolute Gasteiger partial charge is 0.421 e. The highest BCUT2D eigenvalue weighted by Gasteiger charge is 2.90. The number of benzene rings is 2. The lowest BCUT2D eigenvalue weighted by Crippen LogP contribution is -2.87. The molecule has 2 aromatic carbocycles. The van der Waals surface area contributed by atoms with Crippen molar-refractivity contribution in [3.8, 4) is 5.95 Å². The van der Waals surface area contributed by atoms with E-state index in [1.807, 2.05) is 32.9 Å².